The third-order valence-corrected chi connectivity index (χ3v) is 4.34. The van der Waals surface area contributed by atoms with Gasteiger partial charge in [-0.05, 0) is 12.3 Å². The van der Waals surface area contributed by atoms with Gasteiger partial charge in [0.15, 0.2) is 0 Å². The van der Waals surface area contributed by atoms with Crippen LogP contribution in [0.2, 0.25) is 0 Å². The summed E-state index contributed by atoms with van der Waals surface area (Å²) in [5.41, 5.74) is 0. The molecule has 0 aromatic heterocycles. The Kier molecular flexibility index (Phi) is 18.1. The number of ether oxygens (including phenoxy) is 1. The van der Waals surface area contributed by atoms with Gasteiger partial charge in [-0.3, -0.25) is 0 Å². The van der Waals surface area contributed by atoms with Crippen molar-refractivity contribution < 1.29 is 14.9 Å². The van der Waals surface area contributed by atoms with Gasteiger partial charge < -0.3 is 14.9 Å². The molecule has 0 heterocycles. The van der Waals surface area contributed by atoms with Gasteiger partial charge in [-0.25, -0.2) is 0 Å². The van der Waals surface area contributed by atoms with Gasteiger partial charge in [0.2, 0.25) is 0 Å². The summed E-state index contributed by atoms with van der Waals surface area (Å²) in [6, 6.07) is 0. The summed E-state index contributed by atoms with van der Waals surface area (Å²) in [4.78, 5) is 0. The molecule has 0 aromatic rings. The van der Waals surface area contributed by atoms with Crippen molar-refractivity contribution >= 4 is 0 Å². The SMILES string of the molecule is CC(C)CCCCCCCCCCCCCCOCC(O)CO. The first-order valence-corrected chi connectivity index (χ1v) is 10.0. The first-order chi connectivity index (χ1) is 11.2. The largest absolute Gasteiger partial charge is 0.394 e. The van der Waals surface area contributed by atoms with Crippen LogP contribution in [0, 0.1) is 5.92 Å². The molecule has 0 saturated carbocycles. The molecule has 1 unspecified atom stereocenters. The minimum atomic E-state index is -0.717. The van der Waals surface area contributed by atoms with E-state index >= 15 is 0 Å². The van der Waals surface area contributed by atoms with Crippen LogP contribution in [0.1, 0.15) is 97.3 Å². The lowest BCUT2D eigenvalue weighted by molar-refractivity contribution is 0.00526. The van der Waals surface area contributed by atoms with E-state index in [4.69, 9.17) is 14.9 Å². The van der Waals surface area contributed by atoms with Crippen molar-refractivity contribution in [1.29, 1.82) is 0 Å². The van der Waals surface area contributed by atoms with Crippen molar-refractivity contribution in [1.82, 2.24) is 0 Å². The molecule has 2 N–H and O–H groups in total. The first-order valence-electron chi connectivity index (χ1n) is 10.0. The summed E-state index contributed by atoms with van der Waals surface area (Å²) < 4.78 is 5.29. The van der Waals surface area contributed by atoms with E-state index in [2.05, 4.69) is 13.8 Å². The molecule has 0 aliphatic heterocycles. The molecule has 0 aliphatic rings. The van der Waals surface area contributed by atoms with E-state index in [9.17, 15) is 0 Å². The Balaban J connectivity index is 3.00. The molecule has 0 fully saturated rings. The minimum Gasteiger partial charge on any atom is -0.394 e. The van der Waals surface area contributed by atoms with E-state index in [0.717, 1.165) is 12.3 Å². The van der Waals surface area contributed by atoms with Crippen LogP contribution < -0.4 is 0 Å². The summed E-state index contributed by atoms with van der Waals surface area (Å²) in [6.45, 7) is 5.38. The van der Waals surface area contributed by atoms with Gasteiger partial charge in [-0.2, -0.15) is 0 Å². The maximum Gasteiger partial charge on any atom is 0.100 e. The number of rotatable bonds is 18. The lowest BCUT2D eigenvalue weighted by Crippen LogP contribution is -2.19. The molecule has 0 bridgehead atoms. The molecular formula is C20H42O3. The van der Waals surface area contributed by atoms with Crippen molar-refractivity contribution in [2.45, 2.75) is 103 Å². The maximum absolute atomic E-state index is 9.11. The normalized spacial score (nSPS) is 12.9. The molecule has 0 amide bonds. The van der Waals surface area contributed by atoms with Gasteiger partial charge >= 0.3 is 0 Å². The third-order valence-electron chi connectivity index (χ3n) is 4.34. The average Bonchev–Trinajstić information content (AvgIpc) is 2.53. The fourth-order valence-corrected chi connectivity index (χ4v) is 2.80. The second-order valence-electron chi connectivity index (χ2n) is 7.34. The highest BCUT2D eigenvalue weighted by Gasteiger charge is 2.00. The summed E-state index contributed by atoms with van der Waals surface area (Å²) >= 11 is 0. The Morgan fingerprint density at radius 3 is 1.57 bits per heavy atom. The van der Waals surface area contributed by atoms with Crippen LogP contribution in [-0.2, 0) is 4.74 Å². The number of hydrogen-bond acceptors (Lipinski definition) is 3. The zero-order valence-corrected chi connectivity index (χ0v) is 15.8. The maximum atomic E-state index is 9.11. The number of unbranched alkanes of at least 4 members (excludes halogenated alkanes) is 11. The molecule has 0 rings (SSSR count). The molecular weight excluding hydrogens is 288 g/mol. The molecule has 0 saturated heterocycles. The van der Waals surface area contributed by atoms with Crippen molar-refractivity contribution in [3.8, 4) is 0 Å². The van der Waals surface area contributed by atoms with Crippen molar-refractivity contribution in [2.24, 2.45) is 5.92 Å². The monoisotopic (exact) mass is 330 g/mol. The van der Waals surface area contributed by atoms with Crippen LogP contribution >= 0.6 is 0 Å². The highest BCUT2D eigenvalue weighted by atomic mass is 16.5. The molecule has 1 atom stereocenters. The zero-order chi connectivity index (χ0) is 17.2. The molecule has 140 valence electrons. The van der Waals surface area contributed by atoms with Gasteiger partial charge in [-0.15, -0.1) is 0 Å². The molecule has 3 nitrogen and oxygen atoms in total. The molecule has 0 aliphatic carbocycles. The van der Waals surface area contributed by atoms with Crippen LogP contribution in [-0.4, -0.2) is 36.1 Å². The standard InChI is InChI=1S/C20H42O3/c1-19(2)15-13-11-9-7-5-3-4-6-8-10-12-14-16-23-18-20(22)17-21/h19-22H,3-18H2,1-2H3. The molecule has 0 spiro atoms. The van der Waals surface area contributed by atoms with Crippen LogP contribution in [0.3, 0.4) is 0 Å². The summed E-state index contributed by atoms with van der Waals surface area (Å²) in [5, 5.41) is 17.7. The van der Waals surface area contributed by atoms with Gasteiger partial charge in [0.1, 0.15) is 6.10 Å². The van der Waals surface area contributed by atoms with Gasteiger partial charge in [-0.1, -0.05) is 90.9 Å². The lowest BCUT2D eigenvalue weighted by Gasteiger charge is -2.08. The Morgan fingerprint density at radius 2 is 1.13 bits per heavy atom. The smallest absolute Gasteiger partial charge is 0.100 e. The summed E-state index contributed by atoms with van der Waals surface area (Å²) in [6.07, 6.45) is 16.9. The fourth-order valence-electron chi connectivity index (χ4n) is 2.80. The Morgan fingerprint density at radius 1 is 0.696 bits per heavy atom. The van der Waals surface area contributed by atoms with E-state index in [0.29, 0.717) is 6.61 Å². The Hall–Kier alpha value is -0.120. The second kappa shape index (κ2) is 18.2. The summed E-state index contributed by atoms with van der Waals surface area (Å²) in [5.74, 6) is 0.869. The Bertz CT molecular complexity index is 219. The van der Waals surface area contributed by atoms with Crippen LogP contribution in [0.4, 0.5) is 0 Å². The minimum absolute atomic E-state index is 0.210. The predicted octanol–water partition coefficient (Wildman–Crippen LogP) is 5.08. The van der Waals surface area contributed by atoms with E-state index in [1.165, 1.54) is 77.0 Å². The number of hydrogen-bond donors (Lipinski definition) is 2. The second-order valence-corrected chi connectivity index (χ2v) is 7.34. The van der Waals surface area contributed by atoms with Crippen molar-refractivity contribution in [2.75, 3.05) is 19.8 Å². The summed E-state index contributed by atoms with van der Waals surface area (Å²) in [7, 11) is 0. The van der Waals surface area contributed by atoms with Crippen LogP contribution in [0.5, 0.6) is 0 Å². The third kappa shape index (κ3) is 19.8. The van der Waals surface area contributed by atoms with Gasteiger partial charge in [0, 0.05) is 6.61 Å². The fraction of sp³-hybridized carbons (Fsp3) is 1.00. The highest BCUT2D eigenvalue weighted by molar-refractivity contribution is 4.51. The number of aliphatic hydroxyl groups excluding tert-OH is 2. The number of aliphatic hydroxyl groups is 2. The van der Waals surface area contributed by atoms with Crippen molar-refractivity contribution in [3.05, 3.63) is 0 Å². The highest BCUT2D eigenvalue weighted by Crippen LogP contribution is 2.14. The van der Waals surface area contributed by atoms with E-state index in [-0.39, 0.29) is 13.2 Å². The van der Waals surface area contributed by atoms with Gasteiger partial charge in [0.05, 0.1) is 13.2 Å². The first kappa shape index (κ1) is 22.9. The van der Waals surface area contributed by atoms with E-state index < -0.39 is 6.10 Å². The molecule has 0 radical (unpaired) electrons. The van der Waals surface area contributed by atoms with Crippen LogP contribution in [0.25, 0.3) is 0 Å². The zero-order valence-electron chi connectivity index (χ0n) is 15.8. The quantitative estimate of drug-likeness (QED) is 0.344. The lowest BCUT2D eigenvalue weighted by atomic mass is 10.0. The van der Waals surface area contributed by atoms with Crippen LogP contribution in [0.15, 0.2) is 0 Å². The topological polar surface area (TPSA) is 49.7 Å². The molecule has 0 aromatic carbocycles. The molecule has 23 heavy (non-hydrogen) atoms. The predicted molar refractivity (Wildman–Crippen MR) is 98.8 cm³/mol. The average molecular weight is 331 g/mol. The van der Waals surface area contributed by atoms with E-state index in [1.807, 2.05) is 0 Å². The van der Waals surface area contributed by atoms with Gasteiger partial charge in [0.25, 0.3) is 0 Å². The van der Waals surface area contributed by atoms with Crippen molar-refractivity contribution in [3.63, 3.8) is 0 Å². The van der Waals surface area contributed by atoms with E-state index in [1.54, 1.807) is 0 Å². The molecule has 3 heteroatoms. The Labute approximate surface area is 144 Å².